The van der Waals surface area contributed by atoms with Gasteiger partial charge in [-0.1, -0.05) is 25.4 Å². The molecule has 21 heavy (non-hydrogen) atoms. The summed E-state index contributed by atoms with van der Waals surface area (Å²) in [5, 5.41) is 4.00. The van der Waals surface area contributed by atoms with Gasteiger partial charge in [0, 0.05) is 37.4 Å². The molecule has 0 radical (unpaired) electrons. The van der Waals surface area contributed by atoms with E-state index in [9.17, 15) is 0 Å². The molecule has 1 aromatic rings. The topological polar surface area (TPSA) is 39.7 Å². The number of methoxy groups -OCH3 is 1. The summed E-state index contributed by atoms with van der Waals surface area (Å²) in [6, 6.07) is 5.66. The first-order chi connectivity index (χ1) is 10.1. The van der Waals surface area contributed by atoms with Gasteiger partial charge in [-0.15, -0.1) is 0 Å². The largest absolute Gasteiger partial charge is 0.491 e. The van der Waals surface area contributed by atoms with Crippen LogP contribution in [0.4, 0.5) is 0 Å². The summed E-state index contributed by atoms with van der Waals surface area (Å²) in [6.07, 6.45) is 0. The molecule has 0 aliphatic rings. The van der Waals surface area contributed by atoms with Crippen molar-refractivity contribution in [2.75, 3.05) is 40.1 Å². The molecule has 0 unspecified atom stereocenters. The highest BCUT2D eigenvalue weighted by molar-refractivity contribution is 6.30. The highest BCUT2D eigenvalue weighted by atomic mass is 35.5. The Balaban J connectivity index is 2.40. The predicted molar refractivity (Wildman–Crippen MR) is 86.2 cm³/mol. The van der Waals surface area contributed by atoms with Crippen LogP contribution >= 0.6 is 11.6 Å². The van der Waals surface area contributed by atoms with Gasteiger partial charge in [-0.25, -0.2) is 0 Å². The smallest absolute Gasteiger partial charge is 0.124 e. The zero-order chi connectivity index (χ0) is 15.5. The molecule has 0 fully saturated rings. The molecule has 0 bridgehead atoms. The van der Waals surface area contributed by atoms with E-state index in [1.54, 1.807) is 7.11 Å². The molecule has 4 nitrogen and oxygen atoms in total. The molecule has 1 aromatic carbocycles. The molecule has 0 aliphatic carbocycles. The Morgan fingerprint density at radius 2 is 2.00 bits per heavy atom. The van der Waals surface area contributed by atoms with Crippen LogP contribution in [0.1, 0.15) is 19.4 Å². The molecule has 5 heteroatoms. The van der Waals surface area contributed by atoms with Gasteiger partial charge >= 0.3 is 0 Å². The minimum atomic E-state index is 0.541. The van der Waals surface area contributed by atoms with Gasteiger partial charge in [0.15, 0.2) is 0 Å². The lowest BCUT2D eigenvalue weighted by Gasteiger charge is -2.13. The molecule has 120 valence electrons. The lowest BCUT2D eigenvalue weighted by molar-refractivity contribution is 0.0816. The summed E-state index contributed by atoms with van der Waals surface area (Å²) in [4.78, 5) is 0. The molecule has 1 N–H and O–H groups in total. The first-order valence-corrected chi connectivity index (χ1v) is 7.70. The summed E-state index contributed by atoms with van der Waals surface area (Å²) >= 11 is 6.04. The van der Waals surface area contributed by atoms with Crippen LogP contribution in [-0.2, 0) is 16.0 Å². The minimum Gasteiger partial charge on any atom is -0.491 e. The van der Waals surface area contributed by atoms with Crippen molar-refractivity contribution in [3.05, 3.63) is 28.8 Å². The minimum absolute atomic E-state index is 0.541. The average molecular weight is 316 g/mol. The van der Waals surface area contributed by atoms with Gasteiger partial charge in [0.25, 0.3) is 0 Å². The van der Waals surface area contributed by atoms with Crippen LogP contribution in [-0.4, -0.2) is 40.1 Å². The molecule has 0 saturated heterocycles. The maximum absolute atomic E-state index is 6.04. The van der Waals surface area contributed by atoms with Crippen molar-refractivity contribution >= 4 is 11.6 Å². The molecule has 0 aromatic heterocycles. The third kappa shape index (κ3) is 8.27. The Morgan fingerprint density at radius 3 is 2.71 bits per heavy atom. The Bertz CT molecular complexity index is 399. The van der Waals surface area contributed by atoms with Gasteiger partial charge < -0.3 is 19.5 Å². The average Bonchev–Trinajstić information content (AvgIpc) is 2.45. The number of ether oxygens (including phenoxy) is 3. The quantitative estimate of drug-likeness (QED) is 0.637. The van der Waals surface area contributed by atoms with Crippen LogP contribution in [0.3, 0.4) is 0 Å². The second-order valence-corrected chi connectivity index (χ2v) is 5.68. The van der Waals surface area contributed by atoms with Gasteiger partial charge in [-0.05, 0) is 24.1 Å². The standard InChI is InChI=1S/C16H26ClNO3/c1-13(2)12-20-8-9-21-16-5-4-15(17)10-14(16)11-18-6-7-19-3/h4-5,10,13,18H,6-9,11-12H2,1-3H3. The van der Waals surface area contributed by atoms with Crippen LogP contribution in [0.2, 0.25) is 5.02 Å². The number of benzene rings is 1. The summed E-state index contributed by atoms with van der Waals surface area (Å²) in [5.41, 5.74) is 1.04. The van der Waals surface area contributed by atoms with Crippen LogP contribution in [0.15, 0.2) is 18.2 Å². The van der Waals surface area contributed by atoms with Crippen LogP contribution in [0.5, 0.6) is 5.75 Å². The van der Waals surface area contributed by atoms with E-state index < -0.39 is 0 Å². The van der Waals surface area contributed by atoms with Crippen molar-refractivity contribution in [2.24, 2.45) is 5.92 Å². The number of rotatable bonds is 11. The van der Waals surface area contributed by atoms with E-state index >= 15 is 0 Å². The van der Waals surface area contributed by atoms with Crippen molar-refractivity contribution in [3.63, 3.8) is 0 Å². The fraction of sp³-hybridized carbons (Fsp3) is 0.625. The van der Waals surface area contributed by atoms with E-state index in [1.807, 2.05) is 18.2 Å². The third-order valence-electron chi connectivity index (χ3n) is 2.76. The maximum atomic E-state index is 6.04. The SMILES string of the molecule is COCCNCc1cc(Cl)ccc1OCCOCC(C)C. The van der Waals surface area contributed by atoms with E-state index in [4.69, 9.17) is 25.8 Å². The zero-order valence-electron chi connectivity index (χ0n) is 13.2. The van der Waals surface area contributed by atoms with E-state index in [-0.39, 0.29) is 0 Å². The molecular formula is C16H26ClNO3. The molecule has 0 saturated carbocycles. The second-order valence-electron chi connectivity index (χ2n) is 5.24. The monoisotopic (exact) mass is 315 g/mol. The first kappa shape index (κ1) is 18.2. The molecule has 0 aliphatic heterocycles. The van der Waals surface area contributed by atoms with E-state index in [2.05, 4.69) is 19.2 Å². The van der Waals surface area contributed by atoms with Crippen molar-refractivity contribution in [2.45, 2.75) is 20.4 Å². The second kappa shape index (κ2) is 10.9. The predicted octanol–water partition coefficient (Wildman–Crippen LogP) is 3.13. The normalized spacial score (nSPS) is 11.1. The van der Waals surface area contributed by atoms with Crippen LogP contribution in [0, 0.1) is 5.92 Å². The van der Waals surface area contributed by atoms with E-state index in [0.717, 1.165) is 24.5 Å². The molecule has 0 amide bonds. The number of hydrogen-bond acceptors (Lipinski definition) is 4. The Hall–Kier alpha value is -0.810. The highest BCUT2D eigenvalue weighted by Crippen LogP contribution is 2.22. The zero-order valence-corrected chi connectivity index (χ0v) is 13.9. The Morgan fingerprint density at radius 1 is 1.19 bits per heavy atom. The molecule has 0 atom stereocenters. The van der Waals surface area contributed by atoms with Crippen molar-refractivity contribution in [1.29, 1.82) is 0 Å². The van der Waals surface area contributed by atoms with Crippen molar-refractivity contribution in [3.8, 4) is 5.75 Å². The van der Waals surface area contributed by atoms with Gasteiger partial charge in [0.2, 0.25) is 0 Å². The summed E-state index contributed by atoms with van der Waals surface area (Å²) in [5.74, 6) is 1.39. The van der Waals surface area contributed by atoms with Gasteiger partial charge in [0.05, 0.1) is 13.2 Å². The lowest BCUT2D eigenvalue weighted by atomic mass is 10.2. The molecule has 1 rings (SSSR count). The fourth-order valence-electron chi connectivity index (χ4n) is 1.75. The summed E-state index contributed by atoms with van der Waals surface area (Å²) < 4.78 is 16.3. The maximum Gasteiger partial charge on any atom is 0.124 e. The summed E-state index contributed by atoms with van der Waals surface area (Å²) in [6.45, 7) is 8.33. The van der Waals surface area contributed by atoms with E-state index in [0.29, 0.717) is 37.3 Å². The first-order valence-electron chi connectivity index (χ1n) is 7.32. The molecular weight excluding hydrogens is 290 g/mol. The third-order valence-corrected chi connectivity index (χ3v) is 2.99. The van der Waals surface area contributed by atoms with Gasteiger partial charge in [-0.3, -0.25) is 0 Å². The van der Waals surface area contributed by atoms with Crippen LogP contribution < -0.4 is 10.1 Å². The molecule has 0 spiro atoms. The fourth-order valence-corrected chi connectivity index (χ4v) is 1.95. The van der Waals surface area contributed by atoms with Crippen LogP contribution in [0.25, 0.3) is 0 Å². The van der Waals surface area contributed by atoms with Gasteiger partial charge in [-0.2, -0.15) is 0 Å². The number of nitrogens with one attached hydrogen (secondary N) is 1. The Labute approximate surface area is 132 Å². The highest BCUT2D eigenvalue weighted by Gasteiger charge is 2.05. The number of halogens is 1. The van der Waals surface area contributed by atoms with Crippen molar-refractivity contribution < 1.29 is 14.2 Å². The molecule has 0 heterocycles. The van der Waals surface area contributed by atoms with Crippen molar-refractivity contribution in [1.82, 2.24) is 5.32 Å². The van der Waals surface area contributed by atoms with E-state index in [1.165, 1.54) is 0 Å². The van der Waals surface area contributed by atoms with Gasteiger partial charge in [0.1, 0.15) is 12.4 Å². The Kier molecular flexibility index (Phi) is 9.42. The lowest BCUT2D eigenvalue weighted by Crippen LogP contribution is -2.19. The summed E-state index contributed by atoms with van der Waals surface area (Å²) in [7, 11) is 1.69. The number of hydrogen-bond donors (Lipinski definition) is 1.